The summed E-state index contributed by atoms with van der Waals surface area (Å²) in [6.45, 7) is 2.56. The second kappa shape index (κ2) is 7.95. The molecule has 4 nitrogen and oxygen atoms in total. The van der Waals surface area contributed by atoms with Crippen molar-refractivity contribution in [3.05, 3.63) is 23.8 Å². The molecule has 0 fully saturated rings. The van der Waals surface area contributed by atoms with Gasteiger partial charge in [0.05, 0.1) is 13.7 Å². The van der Waals surface area contributed by atoms with Gasteiger partial charge >= 0.3 is 0 Å². The molecule has 0 radical (unpaired) electrons. The molecule has 4 heteroatoms. The van der Waals surface area contributed by atoms with Crippen molar-refractivity contribution in [2.24, 2.45) is 0 Å². The highest BCUT2D eigenvalue weighted by Gasteiger charge is 2.05. The lowest BCUT2D eigenvalue weighted by atomic mass is 10.2. The highest BCUT2D eigenvalue weighted by molar-refractivity contribution is 5.40. The van der Waals surface area contributed by atoms with E-state index in [1.165, 1.54) is 0 Å². The van der Waals surface area contributed by atoms with Crippen molar-refractivity contribution in [2.75, 3.05) is 41.4 Å². The molecule has 0 unspecified atom stereocenters. The minimum atomic E-state index is 0.724. The van der Waals surface area contributed by atoms with E-state index in [0.29, 0.717) is 0 Å². The fraction of sp³-hybridized carbons (Fsp3) is 0.571. The van der Waals surface area contributed by atoms with E-state index in [1.807, 2.05) is 25.2 Å². The molecule has 1 N–H and O–H groups in total. The molecule has 18 heavy (non-hydrogen) atoms. The number of hydrogen-bond donors (Lipinski definition) is 1. The summed E-state index contributed by atoms with van der Waals surface area (Å²) in [5, 5.41) is 3.14. The van der Waals surface area contributed by atoms with Crippen LogP contribution >= 0.6 is 0 Å². The van der Waals surface area contributed by atoms with Gasteiger partial charge in [0.2, 0.25) is 0 Å². The summed E-state index contributed by atoms with van der Waals surface area (Å²) < 4.78 is 11.1. The monoisotopic (exact) mass is 252 g/mol. The van der Waals surface area contributed by atoms with Crippen LogP contribution in [0.3, 0.4) is 0 Å². The van der Waals surface area contributed by atoms with Gasteiger partial charge in [-0.05, 0) is 33.6 Å². The third-order valence-electron chi connectivity index (χ3n) is 2.65. The van der Waals surface area contributed by atoms with Gasteiger partial charge in [-0.1, -0.05) is 6.07 Å². The van der Waals surface area contributed by atoms with Crippen LogP contribution in [-0.2, 0) is 6.54 Å². The fourth-order valence-electron chi connectivity index (χ4n) is 1.70. The number of ether oxygens (including phenoxy) is 2. The van der Waals surface area contributed by atoms with Gasteiger partial charge in [0, 0.05) is 24.7 Å². The van der Waals surface area contributed by atoms with Crippen LogP contribution in [0.2, 0.25) is 0 Å². The predicted molar refractivity (Wildman–Crippen MR) is 74.4 cm³/mol. The molecule has 0 saturated carbocycles. The predicted octanol–water partition coefficient (Wildman–Crippen LogP) is 1.75. The van der Waals surface area contributed by atoms with Crippen LogP contribution in [0.15, 0.2) is 18.2 Å². The van der Waals surface area contributed by atoms with E-state index in [-0.39, 0.29) is 0 Å². The molecule has 0 amide bonds. The van der Waals surface area contributed by atoms with Crippen LogP contribution in [0.25, 0.3) is 0 Å². The van der Waals surface area contributed by atoms with Gasteiger partial charge in [-0.15, -0.1) is 0 Å². The molecule has 0 atom stereocenters. The molecule has 1 aromatic rings. The van der Waals surface area contributed by atoms with E-state index in [9.17, 15) is 0 Å². The first-order chi connectivity index (χ1) is 8.67. The van der Waals surface area contributed by atoms with Gasteiger partial charge in [0.25, 0.3) is 0 Å². The Kier molecular flexibility index (Phi) is 6.54. The summed E-state index contributed by atoms with van der Waals surface area (Å²) in [7, 11) is 7.74. The third-order valence-corrected chi connectivity index (χ3v) is 2.65. The summed E-state index contributed by atoms with van der Waals surface area (Å²) in [5.74, 6) is 1.74. The maximum absolute atomic E-state index is 5.84. The zero-order chi connectivity index (χ0) is 13.4. The second-order valence-electron chi connectivity index (χ2n) is 4.51. The van der Waals surface area contributed by atoms with Crippen LogP contribution in [0.1, 0.15) is 12.0 Å². The van der Waals surface area contributed by atoms with E-state index < -0.39 is 0 Å². The van der Waals surface area contributed by atoms with E-state index in [0.717, 1.165) is 43.2 Å². The summed E-state index contributed by atoms with van der Waals surface area (Å²) in [4.78, 5) is 2.16. The molecule has 0 aromatic heterocycles. The highest BCUT2D eigenvalue weighted by Crippen LogP contribution is 2.24. The molecular weight excluding hydrogens is 228 g/mol. The van der Waals surface area contributed by atoms with Crippen LogP contribution in [0.5, 0.6) is 11.5 Å². The van der Waals surface area contributed by atoms with Crippen LogP contribution in [0.4, 0.5) is 0 Å². The first-order valence-corrected chi connectivity index (χ1v) is 6.26. The largest absolute Gasteiger partial charge is 0.497 e. The number of benzene rings is 1. The number of nitrogens with zero attached hydrogens (tertiary/aromatic N) is 1. The molecule has 0 bridgehead atoms. The maximum atomic E-state index is 5.84. The van der Waals surface area contributed by atoms with Gasteiger partial charge in [0.15, 0.2) is 0 Å². The summed E-state index contributed by atoms with van der Waals surface area (Å²) >= 11 is 0. The first kappa shape index (κ1) is 14.8. The Morgan fingerprint density at radius 2 is 2.06 bits per heavy atom. The molecule has 0 saturated heterocycles. The molecular formula is C14H24N2O2. The molecule has 1 aromatic carbocycles. The molecule has 0 heterocycles. The Morgan fingerprint density at radius 1 is 1.28 bits per heavy atom. The van der Waals surface area contributed by atoms with Gasteiger partial charge in [-0.3, -0.25) is 0 Å². The lowest BCUT2D eigenvalue weighted by molar-refractivity contribution is 0.277. The zero-order valence-corrected chi connectivity index (χ0v) is 11.8. The summed E-state index contributed by atoms with van der Waals surface area (Å²) in [6.07, 6.45) is 1.02. The van der Waals surface area contributed by atoms with E-state index in [1.54, 1.807) is 7.11 Å². The highest BCUT2D eigenvalue weighted by atomic mass is 16.5. The number of hydrogen-bond acceptors (Lipinski definition) is 4. The van der Waals surface area contributed by atoms with Crippen molar-refractivity contribution in [1.29, 1.82) is 0 Å². The van der Waals surface area contributed by atoms with Crippen molar-refractivity contribution < 1.29 is 9.47 Å². The van der Waals surface area contributed by atoms with E-state index in [4.69, 9.17) is 9.47 Å². The van der Waals surface area contributed by atoms with Crippen molar-refractivity contribution >= 4 is 0 Å². The van der Waals surface area contributed by atoms with Gasteiger partial charge in [0.1, 0.15) is 11.5 Å². The second-order valence-corrected chi connectivity index (χ2v) is 4.51. The van der Waals surface area contributed by atoms with Crippen LogP contribution in [-0.4, -0.2) is 46.3 Å². The molecule has 0 aliphatic carbocycles. The topological polar surface area (TPSA) is 33.7 Å². The van der Waals surface area contributed by atoms with Gasteiger partial charge in [-0.25, -0.2) is 0 Å². The Bertz CT molecular complexity index is 354. The van der Waals surface area contributed by atoms with Crippen molar-refractivity contribution in [3.63, 3.8) is 0 Å². The average Bonchev–Trinajstić information content (AvgIpc) is 2.36. The minimum Gasteiger partial charge on any atom is -0.497 e. The standard InChI is InChI=1S/C14H24N2O2/c1-15-11-12-6-7-13(17-4)10-14(12)18-9-5-8-16(2)3/h6-7,10,15H,5,8-9,11H2,1-4H3. The Morgan fingerprint density at radius 3 is 2.67 bits per heavy atom. The zero-order valence-electron chi connectivity index (χ0n) is 11.8. The van der Waals surface area contributed by atoms with E-state index in [2.05, 4.69) is 24.3 Å². The number of rotatable bonds is 8. The first-order valence-electron chi connectivity index (χ1n) is 6.26. The summed E-state index contributed by atoms with van der Waals surface area (Å²) in [5.41, 5.74) is 1.16. The molecule has 1 rings (SSSR count). The minimum absolute atomic E-state index is 0.724. The fourth-order valence-corrected chi connectivity index (χ4v) is 1.70. The Hall–Kier alpha value is -1.26. The average molecular weight is 252 g/mol. The Balaban J connectivity index is 2.59. The molecule has 0 aliphatic heterocycles. The number of nitrogens with one attached hydrogen (secondary N) is 1. The quantitative estimate of drug-likeness (QED) is 0.715. The molecule has 0 aliphatic rings. The lowest BCUT2D eigenvalue weighted by Gasteiger charge is -2.14. The van der Waals surface area contributed by atoms with Gasteiger partial charge < -0.3 is 19.7 Å². The third kappa shape index (κ3) is 4.94. The Labute approximate surface area is 110 Å². The molecule has 102 valence electrons. The van der Waals surface area contributed by atoms with Crippen molar-refractivity contribution in [2.45, 2.75) is 13.0 Å². The maximum Gasteiger partial charge on any atom is 0.127 e. The van der Waals surface area contributed by atoms with Crippen molar-refractivity contribution in [3.8, 4) is 11.5 Å². The number of methoxy groups -OCH3 is 1. The summed E-state index contributed by atoms with van der Waals surface area (Å²) in [6, 6.07) is 5.94. The van der Waals surface area contributed by atoms with Gasteiger partial charge in [-0.2, -0.15) is 0 Å². The normalized spacial score (nSPS) is 10.7. The van der Waals surface area contributed by atoms with Crippen LogP contribution in [0, 0.1) is 0 Å². The van der Waals surface area contributed by atoms with E-state index >= 15 is 0 Å². The van der Waals surface area contributed by atoms with Crippen LogP contribution < -0.4 is 14.8 Å². The SMILES string of the molecule is CNCc1ccc(OC)cc1OCCCN(C)C. The lowest BCUT2D eigenvalue weighted by Crippen LogP contribution is -2.16. The smallest absolute Gasteiger partial charge is 0.127 e. The van der Waals surface area contributed by atoms with Crippen molar-refractivity contribution in [1.82, 2.24) is 10.2 Å². The molecule has 0 spiro atoms.